The Balaban J connectivity index is 1.43. The first kappa shape index (κ1) is 16.8. The van der Waals surface area contributed by atoms with Crippen LogP contribution in [-0.4, -0.2) is 37.2 Å². The fourth-order valence-corrected chi connectivity index (χ4v) is 3.26. The summed E-state index contributed by atoms with van der Waals surface area (Å²) in [7, 11) is 2.15. The minimum absolute atomic E-state index is 0.194. The van der Waals surface area contributed by atoms with E-state index in [1.165, 1.54) is 0 Å². The first-order chi connectivity index (χ1) is 11.7. The minimum Gasteiger partial charge on any atom is -0.490 e. The maximum Gasteiger partial charge on any atom is 0.319 e. The highest BCUT2D eigenvalue weighted by Gasteiger charge is 2.17. The number of hydrogen-bond acceptors (Lipinski definition) is 4. The van der Waals surface area contributed by atoms with Crippen molar-refractivity contribution >= 4 is 23.1 Å². The molecule has 0 bridgehead atoms. The second kappa shape index (κ2) is 8.17. The molecule has 1 aromatic carbocycles. The van der Waals surface area contributed by atoms with Crippen LogP contribution in [0, 0.1) is 0 Å². The lowest BCUT2D eigenvalue weighted by atomic mass is 10.1. The van der Waals surface area contributed by atoms with Gasteiger partial charge in [0.2, 0.25) is 0 Å². The fourth-order valence-electron chi connectivity index (χ4n) is 2.67. The molecule has 0 unspecified atom stereocenters. The van der Waals surface area contributed by atoms with E-state index >= 15 is 0 Å². The van der Waals surface area contributed by atoms with Crippen molar-refractivity contribution in [3.63, 3.8) is 0 Å². The number of nitrogens with one attached hydrogen (secondary N) is 2. The molecule has 5 nitrogen and oxygen atoms in total. The Morgan fingerprint density at radius 3 is 2.67 bits per heavy atom. The zero-order valence-corrected chi connectivity index (χ0v) is 14.6. The van der Waals surface area contributed by atoms with Crippen molar-refractivity contribution in [3.8, 4) is 5.75 Å². The van der Waals surface area contributed by atoms with Crippen molar-refractivity contribution in [1.82, 2.24) is 10.2 Å². The van der Waals surface area contributed by atoms with Crippen molar-refractivity contribution in [2.24, 2.45) is 0 Å². The molecule has 1 saturated heterocycles. The summed E-state index contributed by atoms with van der Waals surface area (Å²) in [6, 6.07) is 9.63. The van der Waals surface area contributed by atoms with Crippen LogP contribution in [0.15, 0.2) is 41.1 Å². The van der Waals surface area contributed by atoms with Crippen LogP contribution in [0.5, 0.6) is 5.75 Å². The molecule has 2 N–H and O–H groups in total. The predicted molar refractivity (Wildman–Crippen MR) is 97.8 cm³/mol. The van der Waals surface area contributed by atoms with Gasteiger partial charge in [-0.15, -0.1) is 0 Å². The highest BCUT2D eigenvalue weighted by molar-refractivity contribution is 7.08. The summed E-state index contributed by atoms with van der Waals surface area (Å²) in [6.07, 6.45) is 2.45. The summed E-state index contributed by atoms with van der Waals surface area (Å²) < 4.78 is 6.03. The Morgan fingerprint density at radius 1 is 1.25 bits per heavy atom. The third kappa shape index (κ3) is 4.97. The van der Waals surface area contributed by atoms with Gasteiger partial charge in [-0.05, 0) is 49.0 Å². The second-order valence-electron chi connectivity index (χ2n) is 6.08. The molecule has 24 heavy (non-hydrogen) atoms. The molecule has 0 spiro atoms. The number of urea groups is 1. The Morgan fingerprint density at radius 2 is 2.00 bits per heavy atom. The highest BCUT2D eigenvalue weighted by Crippen LogP contribution is 2.19. The van der Waals surface area contributed by atoms with Crippen LogP contribution in [0.25, 0.3) is 0 Å². The van der Waals surface area contributed by atoms with Crippen LogP contribution in [0.2, 0.25) is 0 Å². The molecule has 1 fully saturated rings. The average Bonchev–Trinajstić information content (AvgIpc) is 3.09. The maximum absolute atomic E-state index is 11.8. The maximum atomic E-state index is 11.8. The van der Waals surface area contributed by atoms with Crippen LogP contribution >= 0.6 is 11.3 Å². The standard InChI is InChI=1S/C18H23N3O2S/c1-21-9-6-17(7-10-21)23-16-4-2-14(3-5-16)12-19-18(22)20-15-8-11-24-13-15/h2-5,8,11,13,17H,6-7,9-10,12H2,1H3,(H2,19,20,22). The van der Waals surface area contributed by atoms with Crippen molar-refractivity contribution in [2.45, 2.75) is 25.5 Å². The molecule has 0 saturated carbocycles. The lowest BCUT2D eigenvalue weighted by Gasteiger charge is -2.29. The van der Waals surface area contributed by atoms with Gasteiger partial charge >= 0.3 is 6.03 Å². The third-order valence-electron chi connectivity index (χ3n) is 4.12. The number of piperidine rings is 1. The Bertz CT molecular complexity index is 635. The average molecular weight is 345 g/mol. The largest absolute Gasteiger partial charge is 0.490 e. The van der Waals surface area contributed by atoms with Crippen molar-refractivity contribution in [2.75, 3.05) is 25.5 Å². The molecule has 1 aliphatic heterocycles. The molecule has 3 rings (SSSR count). The molecule has 1 aliphatic rings. The van der Waals surface area contributed by atoms with Gasteiger partial charge in [0, 0.05) is 25.0 Å². The van der Waals surface area contributed by atoms with Crippen molar-refractivity contribution < 1.29 is 9.53 Å². The Hall–Kier alpha value is -2.05. The molecule has 2 amide bonds. The molecular weight excluding hydrogens is 322 g/mol. The lowest BCUT2D eigenvalue weighted by Crippen LogP contribution is -2.35. The van der Waals surface area contributed by atoms with Crippen molar-refractivity contribution in [3.05, 3.63) is 46.7 Å². The van der Waals surface area contributed by atoms with Gasteiger partial charge in [-0.1, -0.05) is 12.1 Å². The third-order valence-corrected chi connectivity index (χ3v) is 4.81. The van der Waals surface area contributed by atoms with E-state index in [4.69, 9.17) is 4.74 Å². The van der Waals surface area contributed by atoms with Gasteiger partial charge in [0.05, 0.1) is 5.69 Å². The number of anilines is 1. The number of thiophene rings is 1. The Labute approximate surface area is 146 Å². The smallest absolute Gasteiger partial charge is 0.319 e. The predicted octanol–water partition coefficient (Wildman–Crippen LogP) is 3.54. The van der Waals surface area contributed by atoms with E-state index in [0.717, 1.165) is 42.9 Å². The summed E-state index contributed by atoms with van der Waals surface area (Å²) in [5, 5.41) is 9.47. The quantitative estimate of drug-likeness (QED) is 0.871. The van der Waals surface area contributed by atoms with Gasteiger partial charge in [0.25, 0.3) is 0 Å². The van der Waals surface area contributed by atoms with Crippen LogP contribution < -0.4 is 15.4 Å². The van der Waals surface area contributed by atoms with E-state index in [1.807, 2.05) is 41.1 Å². The number of hydrogen-bond donors (Lipinski definition) is 2. The van der Waals surface area contributed by atoms with Crippen LogP contribution in [-0.2, 0) is 6.54 Å². The molecule has 1 aromatic heterocycles. The van der Waals surface area contributed by atoms with Gasteiger partial charge in [0.15, 0.2) is 0 Å². The molecular formula is C18H23N3O2S. The summed E-state index contributed by atoms with van der Waals surface area (Å²) in [5.74, 6) is 0.899. The topological polar surface area (TPSA) is 53.6 Å². The van der Waals surface area contributed by atoms with Crippen LogP contribution in [0.3, 0.4) is 0 Å². The fraction of sp³-hybridized carbons (Fsp3) is 0.389. The summed E-state index contributed by atoms with van der Waals surface area (Å²) >= 11 is 1.55. The second-order valence-corrected chi connectivity index (χ2v) is 6.86. The number of carbonyl (C=O) groups is 1. The van der Waals surface area contributed by atoms with E-state index in [-0.39, 0.29) is 6.03 Å². The monoisotopic (exact) mass is 345 g/mol. The number of carbonyl (C=O) groups excluding carboxylic acids is 1. The lowest BCUT2D eigenvalue weighted by molar-refractivity contribution is 0.114. The Kier molecular flexibility index (Phi) is 5.72. The van der Waals surface area contributed by atoms with Crippen molar-refractivity contribution in [1.29, 1.82) is 0 Å². The van der Waals surface area contributed by atoms with E-state index in [9.17, 15) is 4.79 Å². The van der Waals surface area contributed by atoms with Gasteiger partial charge in [-0.25, -0.2) is 4.79 Å². The van der Waals surface area contributed by atoms with Crippen LogP contribution in [0.1, 0.15) is 18.4 Å². The number of nitrogens with zero attached hydrogens (tertiary/aromatic N) is 1. The van der Waals surface area contributed by atoms with Gasteiger partial charge < -0.3 is 20.3 Å². The molecule has 2 heterocycles. The first-order valence-corrected chi connectivity index (χ1v) is 9.14. The number of benzene rings is 1. The van der Waals surface area contributed by atoms with Gasteiger partial charge in [-0.2, -0.15) is 11.3 Å². The molecule has 0 aliphatic carbocycles. The molecule has 6 heteroatoms. The summed E-state index contributed by atoms with van der Waals surface area (Å²) in [6.45, 7) is 2.67. The normalized spacial score (nSPS) is 15.9. The van der Waals surface area contributed by atoms with E-state index in [0.29, 0.717) is 12.6 Å². The molecule has 0 atom stereocenters. The molecule has 0 radical (unpaired) electrons. The molecule has 2 aromatic rings. The zero-order valence-electron chi connectivity index (χ0n) is 13.8. The number of ether oxygens (including phenoxy) is 1. The van der Waals surface area contributed by atoms with Gasteiger partial charge in [0.1, 0.15) is 11.9 Å². The highest BCUT2D eigenvalue weighted by atomic mass is 32.1. The molecule has 128 valence electrons. The summed E-state index contributed by atoms with van der Waals surface area (Å²) in [5.41, 5.74) is 1.87. The van der Waals surface area contributed by atoms with E-state index in [1.54, 1.807) is 11.3 Å². The van der Waals surface area contributed by atoms with E-state index < -0.39 is 0 Å². The SMILES string of the molecule is CN1CCC(Oc2ccc(CNC(=O)Nc3ccsc3)cc2)CC1. The number of likely N-dealkylation sites (tertiary alicyclic amines) is 1. The van der Waals surface area contributed by atoms with Crippen LogP contribution in [0.4, 0.5) is 10.5 Å². The number of rotatable bonds is 5. The van der Waals surface area contributed by atoms with Gasteiger partial charge in [-0.3, -0.25) is 0 Å². The minimum atomic E-state index is -0.194. The first-order valence-electron chi connectivity index (χ1n) is 8.20. The van der Waals surface area contributed by atoms with E-state index in [2.05, 4.69) is 22.6 Å². The number of amides is 2. The summed E-state index contributed by atoms with van der Waals surface area (Å²) in [4.78, 5) is 14.1. The zero-order chi connectivity index (χ0) is 16.8.